The van der Waals surface area contributed by atoms with E-state index in [0.717, 1.165) is 11.3 Å². The Morgan fingerprint density at radius 3 is 2.30 bits per heavy atom. The summed E-state index contributed by atoms with van der Waals surface area (Å²) >= 11 is 0. The van der Waals surface area contributed by atoms with E-state index in [1.54, 1.807) is 24.3 Å². The molecule has 0 saturated heterocycles. The minimum absolute atomic E-state index is 0.114. The van der Waals surface area contributed by atoms with Gasteiger partial charge in [0, 0.05) is 11.3 Å². The van der Waals surface area contributed by atoms with Gasteiger partial charge in [-0.05, 0) is 67.1 Å². The number of primary sulfonamides is 1. The Balaban J connectivity index is 1.70. The summed E-state index contributed by atoms with van der Waals surface area (Å²) in [6.45, 7) is 1.98. The third-order valence-corrected chi connectivity index (χ3v) is 4.67. The van der Waals surface area contributed by atoms with Crippen LogP contribution >= 0.6 is 0 Å². The minimum atomic E-state index is -3.87. The second-order valence-corrected chi connectivity index (χ2v) is 7.53. The van der Waals surface area contributed by atoms with Crippen molar-refractivity contribution >= 4 is 21.6 Å². The van der Waals surface area contributed by atoms with Crippen LogP contribution in [0.2, 0.25) is 0 Å². The lowest BCUT2D eigenvalue weighted by atomic mass is 10.2. The summed E-state index contributed by atoms with van der Waals surface area (Å²) < 4.78 is 28.6. The Labute approximate surface area is 157 Å². The number of hydrogen-bond donors (Lipinski definition) is 2. The smallest absolute Gasteiger partial charge is 0.255 e. The number of carbonyl (C=O) groups excluding carboxylic acids is 1. The molecular formula is C20H18N2O4S. The van der Waals surface area contributed by atoms with Gasteiger partial charge in [0.15, 0.2) is 0 Å². The fourth-order valence-corrected chi connectivity index (χ4v) is 3.00. The first kappa shape index (κ1) is 18.6. The lowest BCUT2D eigenvalue weighted by Gasteiger charge is -2.09. The average molecular weight is 382 g/mol. The van der Waals surface area contributed by atoms with Crippen LogP contribution in [0.4, 0.5) is 5.69 Å². The second-order valence-electron chi connectivity index (χ2n) is 5.97. The highest BCUT2D eigenvalue weighted by Gasteiger charge is 2.12. The number of ether oxygens (including phenoxy) is 1. The van der Waals surface area contributed by atoms with E-state index < -0.39 is 15.9 Å². The van der Waals surface area contributed by atoms with E-state index in [9.17, 15) is 13.2 Å². The molecule has 138 valence electrons. The molecule has 0 radical (unpaired) electrons. The Morgan fingerprint density at radius 1 is 0.926 bits per heavy atom. The first-order chi connectivity index (χ1) is 12.8. The standard InChI is InChI=1S/C20H18N2O4S/c1-14-4-2-6-18(12-14)26-17-10-8-16(9-11-17)22-20(23)15-5-3-7-19(13-15)27(21,24)25/h2-13H,1H3,(H,22,23)(H2,21,24,25). The van der Waals surface area contributed by atoms with Crippen LogP contribution in [0.5, 0.6) is 11.5 Å². The SMILES string of the molecule is Cc1cccc(Oc2ccc(NC(=O)c3cccc(S(N)(=O)=O)c3)cc2)c1. The Hall–Kier alpha value is -3.16. The first-order valence-electron chi connectivity index (χ1n) is 8.10. The number of hydrogen-bond acceptors (Lipinski definition) is 4. The maximum absolute atomic E-state index is 12.3. The monoisotopic (exact) mass is 382 g/mol. The zero-order chi connectivity index (χ0) is 19.4. The van der Waals surface area contributed by atoms with E-state index in [2.05, 4.69) is 5.32 Å². The van der Waals surface area contributed by atoms with Gasteiger partial charge in [-0.2, -0.15) is 0 Å². The first-order valence-corrected chi connectivity index (χ1v) is 9.65. The highest BCUT2D eigenvalue weighted by Crippen LogP contribution is 2.24. The number of sulfonamides is 1. The molecule has 0 aromatic heterocycles. The third-order valence-electron chi connectivity index (χ3n) is 3.76. The summed E-state index contributed by atoms with van der Waals surface area (Å²) in [6, 6.07) is 20.1. The van der Waals surface area contributed by atoms with Gasteiger partial charge >= 0.3 is 0 Å². The lowest BCUT2D eigenvalue weighted by Crippen LogP contribution is -2.15. The summed E-state index contributed by atoms with van der Waals surface area (Å²) in [5.41, 5.74) is 1.84. The van der Waals surface area contributed by atoms with Crippen LogP contribution in [0.25, 0.3) is 0 Å². The van der Waals surface area contributed by atoms with Crippen LogP contribution in [0, 0.1) is 6.92 Å². The van der Waals surface area contributed by atoms with E-state index in [4.69, 9.17) is 9.88 Å². The van der Waals surface area contributed by atoms with Crippen LogP contribution in [-0.2, 0) is 10.0 Å². The molecule has 0 saturated carbocycles. The van der Waals surface area contributed by atoms with Crippen molar-refractivity contribution in [3.8, 4) is 11.5 Å². The van der Waals surface area contributed by atoms with Crippen LogP contribution in [0.3, 0.4) is 0 Å². The van der Waals surface area contributed by atoms with E-state index in [0.29, 0.717) is 11.4 Å². The molecule has 0 unspecified atom stereocenters. The third kappa shape index (κ3) is 4.93. The van der Waals surface area contributed by atoms with Crippen molar-refractivity contribution in [2.24, 2.45) is 5.14 Å². The Kier molecular flexibility index (Phi) is 5.25. The average Bonchev–Trinajstić information content (AvgIpc) is 2.63. The molecule has 0 aliphatic rings. The predicted octanol–water partition coefficient (Wildman–Crippen LogP) is 3.69. The number of benzene rings is 3. The molecule has 3 aromatic rings. The molecule has 3 aromatic carbocycles. The fourth-order valence-electron chi connectivity index (χ4n) is 2.44. The van der Waals surface area contributed by atoms with Gasteiger partial charge in [-0.15, -0.1) is 0 Å². The number of rotatable bonds is 5. The molecule has 0 atom stereocenters. The molecule has 0 bridgehead atoms. The molecule has 7 heteroatoms. The van der Waals surface area contributed by atoms with Crippen molar-refractivity contribution in [1.29, 1.82) is 0 Å². The van der Waals surface area contributed by atoms with Crippen LogP contribution < -0.4 is 15.2 Å². The van der Waals surface area contributed by atoms with E-state index in [1.807, 2.05) is 31.2 Å². The lowest BCUT2D eigenvalue weighted by molar-refractivity contribution is 0.102. The molecule has 0 fully saturated rings. The van der Waals surface area contributed by atoms with Crippen LogP contribution in [0.1, 0.15) is 15.9 Å². The van der Waals surface area contributed by atoms with Gasteiger partial charge in [-0.3, -0.25) is 4.79 Å². The predicted molar refractivity (Wildman–Crippen MR) is 103 cm³/mol. The summed E-state index contributed by atoms with van der Waals surface area (Å²) in [7, 11) is -3.87. The molecular weight excluding hydrogens is 364 g/mol. The minimum Gasteiger partial charge on any atom is -0.457 e. The van der Waals surface area contributed by atoms with Crippen molar-refractivity contribution in [2.75, 3.05) is 5.32 Å². The van der Waals surface area contributed by atoms with Crippen molar-refractivity contribution in [1.82, 2.24) is 0 Å². The van der Waals surface area contributed by atoms with Gasteiger partial charge in [-0.1, -0.05) is 18.2 Å². The second kappa shape index (κ2) is 7.61. The molecule has 0 heterocycles. The van der Waals surface area contributed by atoms with Gasteiger partial charge in [0.05, 0.1) is 4.90 Å². The Bertz CT molecular complexity index is 1080. The normalized spacial score (nSPS) is 11.0. The summed E-state index contributed by atoms with van der Waals surface area (Å²) in [4.78, 5) is 12.2. The van der Waals surface area contributed by atoms with Gasteiger partial charge in [0.1, 0.15) is 11.5 Å². The highest BCUT2D eigenvalue weighted by molar-refractivity contribution is 7.89. The van der Waals surface area contributed by atoms with Crippen LogP contribution in [-0.4, -0.2) is 14.3 Å². The molecule has 1 amide bonds. The maximum Gasteiger partial charge on any atom is 0.255 e. The van der Waals surface area contributed by atoms with Gasteiger partial charge < -0.3 is 10.1 Å². The molecule has 3 N–H and O–H groups in total. The molecule has 0 aliphatic heterocycles. The fraction of sp³-hybridized carbons (Fsp3) is 0.0500. The van der Waals surface area contributed by atoms with Gasteiger partial charge in [0.2, 0.25) is 10.0 Å². The van der Waals surface area contributed by atoms with Gasteiger partial charge in [-0.25, -0.2) is 13.6 Å². The molecule has 0 aliphatic carbocycles. The van der Waals surface area contributed by atoms with Crippen LogP contribution in [0.15, 0.2) is 77.7 Å². The highest BCUT2D eigenvalue weighted by atomic mass is 32.2. The van der Waals surface area contributed by atoms with E-state index >= 15 is 0 Å². The number of nitrogens with one attached hydrogen (secondary N) is 1. The topological polar surface area (TPSA) is 98.5 Å². The zero-order valence-corrected chi connectivity index (χ0v) is 15.4. The molecule has 6 nitrogen and oxygen atoms in total. The number of nitrogens with two attached hydrogens (primary N) is 1. The molecule has 3 rings (SSSR count). The quantitative estimate of drug-likeness (QED) is 0.703. The van der Waals surface area contributed by atoms with E-state index in [-0.39, 0.29) is 10.5 Å². The summed E-state index contributed by atoms with van der Waals surface area (Å²) in [5.74, 6) is 0.925. The number of anilines is 1. The molecule has 27 heavy (non-hydrogen) atoms. The number of amides is 1. The van der Waals surface area contributed by atoms with Crippen molar-refractivity contribution in [2.45, 2.75) is 11.8 Å². The maximum atomic E-state index is 12.3. The van der Waals surface area contributed by atoms with Crippen molar-refractivity contribution < 1.29 is 17.9 Å². The van der Waals surface area contributed by atoms with Crippen molar-refractivity contribution in [3.05, 3.63) is 83.9 Å². The largest absolute Gasteiger partial charge is 0.457 e. The van der Waals surface area contributed by atoms with E-state index in [1.165, 1.54) is 24.3 Å². The summed E-state index contributed by atoms with van der Waals surface area (Å²) in [6.07, 6.45) is 0. The summed E-state index contributed by atoms with van der Waals surface area (Å²) in [5, 5.41) is 7.80. The van der Waals surface area contributed by atoms with Crippen molar-refractivity contribution in [3.63, 3.8) is 0 Å². The zero-order valence-electron chi connectivity index (χ0n) is 14.5. The Morgan fingerprint density at radius 2 is 1.63 bits per heavy atom. The van der Waals surface area contributed by atoms with Gasteiger partial charge in [0.25, 0.3) is 5.91 Å². The number of aryl methyl sites for hydroxylation is 1. The number of carbonyl (C=O) groups is 1. The molecule has 0 spiro atoms.